The minimum Gasteiger partial charge on any atom is -0.493 e. The summed E-state index contributed by atoms with van der Waals surface area (Å²) in [5, 5.41) is 6.85. The smallest absolute Gasteiger partial charge is 0.262 e. The molecule has 6 nitrogen and oxygen atoms in total. The Morgan fingerprint density at radius 2 is 1.64 bits per heavy atom. The molecule has 0 spiro atoms. The maximum Gasteiger partial charge on any atom is 0.262 e. The minimum atomic E-state index is -0.221. The van der Waals surface area contributed by atoms with Crippen molar-refractivity contribution in [3.8, 4) is 17.2 Å². The first-order chi connectivity index (χ1) is 16.0. The highest BCUT2D eigenvalue weighted by Crippen LogP contribution is 2.27. The summed E-state index contributed by atoms with van der Waals surface area (Å²) >= 11 is 6.18. The number of methoxy groups -OCH3 is 2. The Kier molecular flexibility index (Phi) is 8.98. The van der Waals surface area contributed by atoms with Crippen LogP contribution in [0.5, 0.6) is 17.2 Å². The van der Waals surface area contributed by atoms with Crippen molar-refractivity contribution in [1.82, 2.24) is 5.32 Å². The van der Waals surface area contributed by atoms with E-state index in [0.717, 1.165) is 35.3 Å². The van der Waals surface area contributed by atoms with E-state index in [4.69, 9.17) is 25.8 Å². The summed E-state index contributed by atoms with van der Waals surface area (Å²) < 4.78 is 16.4. The summed E-state index contributed by atoms with van der Waals surface area (Å²) in [6.07, 6.45) is 0.816. The number of carbonyl (C=O) groups is 1. The average molecular weight is 469 g/mol. The van der Waals surface area contributed by atoms with Crippen LogP contribution in [-0.4, -0.2) is 33.3 Å². The second kappa shape index (κ2) is 12.1. The van der Waals surface area contributed by atoms with E-state index in [9.17, 15) is 4.79 Å². The lowest BCUT2D eigenvalue weighted by Crippen LogP contribution is -2.21. The van der Waals surface area contributed by atoms with Crippen LogP contribution in [0.4, 0.5) is 5.69 Å². The van der Waals surface area contributed by atoms with Crippen LogP contribution in [-0.2, 0) is 17.8 Å². The third-order valence-electron chi connectivity index (χ3n) is 5.07. The Labute approximate surface area is 199 Å². The molecule has 0 heterocycles. The van der Waals surface area contributed by atoms with Crippen molar-refractivity contribution in [3.63, 3.8) is 0 Å². The number of nitrogens with one attached hydrogen (secondary N) is 2. The molecule has 0 aliphatic carbocycles. The fourth-order valence-electron chi connectivity index (χ4n) is 3.30. The van der Waals surface area contributed by atoms with Gasteiger partial charge in [-0.1, -0.05) is 35.4 Å². The first kappa shape index (κ1) is 24.4. The molecule has 0 atom stereocenters. The number of ether oxygens (including phenoxy) is 3. The van der Waals surface area contributed by atoms with Gasteiger partial charge in [-0.3, -0.25) is 4.79 Å². The van der Waals surface area contributed by atoms with E-state index >= 15 is 0 Å². The van der Waals surface area contributed by atoms with Crippen LogP contribution >= 0.6 is 11.6 Å². The van der Waals surface area contributed by atoms with Gasteiger partial charge in [-0.25, -0.2) is 0 Å². The van der Waals surface area contributed by atoms with Gasteiger partial charge in [0.15, 0.2) is 18.1 Å². The first-order valence-corrected chi connectivity index (χ1v) is 11.1. The van der Waals surface area contributed by atoms with E-state index < -0.39 is 0 Å². The van der Waals surface area contributed by atoms with Crippen LogP contribution in [0.1, 0.15) is 16.7 Å². The predicted molar refractivity (Wildman–Crippen MR) is 132 cm³/mol. The molecule has 0 unspecified atom stereocenters. The van der Waals surface area contributed by atoms with Crippen molar-refractivity contribution in [1.29, 1.82) is 0 Å². The number of aryl methyl sites for hydroxylation is 1. The van der Waals surface area contributed by atoms with Crippen LogP contribution in [0.2, 0.25) is 5.02 Å². The first-order valence-electron chi connectivity index (χ1n) is 10.7. The average Bonchev–Trinajstić information content (AvgIpc) is 2.82. The number of amides is 1. The maximum absolute atomic E-state index is 12.3. The van der Waals surface area contributed by atoms with Crippen molar-refractivity contribution >= 4 is 23.2 Å². The lowest BCUT2D eigenvalue weighted by molar-refractivity contribution is -0.118. The quantitative estimate of drug-likeness (QED) is 0.387. The summed E-state index contributed by atoms with van der Waals surface area (Å²) in [6.45, 7) is 3.21. The van der Waals surface area contributed by atoms with E-state index in [-0.39, 0.29) is 12.5 Å². The van der Waals surface area contributed by atoms with E-state index in [2.05, 4.69) is 10.6 Å². The van der Waals surface area contributed by atoms with Gasteiger partial charge in [0.25, 0.3) is 5.91 Å². The van der Waals surface area contributed by atoms with E-state index in [1.54, 1.807) is 26.4 Å². The molecule has 0 aliphatic rings. The van der Waals surface area contributed by atoms with E-state index in [0.29, 0.717) is 28.8 Å². The molecule has 174 valence electrons. The fraction of sp³-hybridized carbons (Fsp3) is 0.269. The van der Waals surface area contributed by atoms with Crippen LogP contribution in [0, 0.1) is 6.92 Å². The number of anilines is 1. The highest BCUT2D eigenvalue weighted by Gasteiger charge is 2.09. The number of hydrogen-bond acceptors (Lipinski definition) is 5. The van der Waals surface area contributed by atoms with Gasteiger partial charge in [0.2, 0.25) is 0 Å². The molecular formula is C26H29ClN2O4. The zero-order valence-electron chi connectivity index (χ0n) is 19.1. The Balaban J connectivity index is 1.52. The molecule has 0 aliphatic heterocycles. The second-order valence-corrected chi connectivity index (χ2v) is 8.01. The predicted octanol–water partition coefficient (Wildman–Crippen LogP) is 5.02. The van der Waals surface area contributed by atoms with Gasteiger partial charge < -0.3 is 24.8 Å². The summed E-state index contributed by atoms with van der Waals surface area (Å²) in [7, 11) is 3.25. The Morgan fingerprint density at radius 1 is 0.909 bits per heavy atom. The number of rotatable bonds is 11. The molecule has 33 heavy (non-hydrogen) atoms. The third kappa shape index (κ3) is 7.41. The Bertz CT molecular complexity index is 1070. The van der Waals surface area contributed by atoms with Crippen LogP contribution < -0.4 is 24.8 Å². The monoisotopic (exact) mass is 468 g/mol. The number of carbonyl (C=O) groups excluding carboxylic acids is 1. The number of halogens is 1. The zero-order chi connectivity index (χ0) is 23.6. The Morgan fingerprint density at radius 3 is 2.36 bits per heavy atom. The molecular weight excluding hydrogens is 440 g/mol. The molecule has 0 saturated heterocycles. The van der Waals surface area contributed by atoms with Crippen molar-refractivity contribution in [2.75, 3.05) is 32.7 Å². The molecule has 7 heteroatoms. The summed E-state index contributed by atoms with van der Waals surface area (Å²) in [5.74, 6) is 1.82. The molecule has 2 N–H and O–H groups in total. The lowest BCUT2D eigenvalue weighted by Gasteiger charge is -2.13. The molecule has 0 saturated carbocycles. The second-order valence-electron chi connectivity index (χ2n) is 7.57. The van der Waals surface area contributed by atoms with Crippen molar-refractivity contribution < 1.29 is 19.0 Å². The molecule has 3 rings (SSSR count). The van der Waals surface area contributed by atoms with Crippen molar-refractivity contribution in [2.45, 2.75) is 19.9 Å². The molecule has 0 radical (unpaired) electrons. The topological polar surface area (TPSA) is 68.8 Å². The van der Waals surface area contributed by atoms with Gasteiger partial charge >= 0.3 is 0 Å². The molecule has 0 aromatic heterocycles. The van der Waals surface area contributed by atoms with Gasteiger partial charge in [0.1, 0.15) is 5.75 Å². The lowest BCUT2D eigenvalue weighted by atomic mass is 10.1. The van der Waals surface area contributed by atoms with Gasteiger partial charge in [-0.05, 0) is 67.9 Å². The van der Waals surface area contributed by atoms with Crippen molar-refractivity contribution in [2.24, 2.45) is 0 Å². The highest BCUT2D eigenvalue weighted by atomic mass is 35.5. The summed E-state index contributed by atoms with van der Waals surface area (Å²) in [6, 6.07) is 18.9. The molecule has 0 fully saturated rings. The van der Waals surface area contributed by atoms with Crippen LogP contribution in [0.3, 0.4) is 0 Å². The van der Waals surface area contributed by atoms with Gasteiger partial charge in [-0.15, -0.1) is 0 Å². The SMILES string of the molecule is COc1ccc(CCNCc2cc(Cl)ccc2OCC(=O)Nc2ccc(C)cc2)cc1OC. The summed E-state index contributed by atoms with van der Waals surface area (Å²) in [4.78, 5) is 12.3. The fourth-order valence-corrected chi connectivity index (χ4v) is 3.49. The maximum atomic E-state index is 12.3. The molecule has 3 aromatic rings. The molecule has 3 aromatic carbocycles. The Hall–Kier alpha value is -3.22. The molecule has 1 amide bonds. The third-order valence-corrected chi connectivity index (χ3v) is 5.31. The van der Waals surface area contributed by atoms with Gasteiger partial charge in [0, 0.05) is 22.8 Å². The van der Waals surface area contributed by atoms with E-state index in [1.165, 1.54) is 0 Å². The largest absolute Gasteiger partial charge is 0.493 e. The minimum absolute atomic E-state index is 0.0891. The molecule has 0 bridgehead atoms. The normalized spacial score (nSPS) is 10.5. The summed E-state index contributed by atoms with van der Waals surface area (Å²) in [5.41, 5.74) is 3.89. The zero-order valence-corrected chi connectivity index (χ0v) is 19.9. The standard InChI is InChI=1S/C26H29ClN2O4/c1-18-4-8-22(9-5-18)29-26(30)17-33-23-11-7-21(27)15-20(23)16-28-13-12-19-6-10-24(31-2)25(14-19)32-3/h4-11,14-15,28H,12-13,16-17H2,1-3H3,(H,29,30). The van der Waals surface area contributed by atoms with E-state index in [1.807, 2.05) is 55.5 Å². The van der Waals surface area contributed by atoms with Gasteiger partial charge in [0.05, 0.1) is 14.2 Å². The van der Waals surface area contributed by atoms with Crippen LogP contribution in [0.15, 0.2) is 60.7 Å². The van der Waals surface area contributed by atoms with Crippen LogP contribution in [0.25, 0.3) is 0 Å². The van der Waals surface area contributed by atoms with Gasteiger partial charge in [-0.2, -0.15) is 0 Å². The van der Waals surface area contributed by atoms with Crippen molar-refractivity contribution in [3.05, 3.63) is 82.4 Å². The highest BCUT2D eigenvalue weighted by molar-refractivity contribution is 6.30. The number of benzene rings is 3. The number of hydrogen-bond donors (Lipinski definition) is 2.